The van der Waals surface area contributed by atoms with Crippen molar-refractivity contribution in [3.05, 3.63) is 23.8 Å². The van der Waals surface area contributed by atoms with Crippen LogP contribution in [-0.2, 0) is 4.79 Å². The Labute approximate surface area is 63.8 Å². The largest absolute Gasteiger partial charge is 0.371 e. The number of hydrogen-bond acceptors (Lipinski definition) is 2. The van der Waals surface area contributed by atoms with E-state index in [0.717, 1.165) is 6.29 Å². The van der Waals surface area contributed by atoms with Crippen molar-refractivity contribution in [2.24, 2.45) is 0 Å². The summed E-state index contributed by atoms with van der Waals surface area (Å²) >= 11 is 5.50. The highest BCUT2D eigenvalue weighted by molar-refractivity contribution is 6.24. The minimum absolute atomic E-state index is 0.291. The van der Waals surface area contributed by atoms with E-state index in [2.05, 4.69) is 0 Å². The first kappa shape index (κ1) is 7.51. The molecule has 0 fully saturated rings. The first-order chi connectivity index (χ1) is 4.64. The molecule has 1 N–H and O–H groups in total. The van der Waals surface area contributed by atoms with Crippen LogP contribution in [0.25, 0.3) is 0 Å². The Morgan fingerprint density at radius 2 is 2.50 bits per heavy atom. The first-order valence-electron chi connectivity index (χ1n) is 2.90. The predicted molar refractivity (Wildman–Crippen MR) is 38.7 cm³/mol. The van der Waals surface area contributed by atoms with E-state index in [4.69, 9.17) is 16.7 Å². The van der Waals surface area contributed by atoms with Gasteiger partial charge in [0, 0.05) is 12.0 Å². The van der Waals surface area contributed by atoms with Gasteiger partial charge >= 0.3 is 0 Å². The van der Waals surface area contributed by atoms with Gasteiger partial charge in [-0.2, -0.15) is 0 Å². The molecule has 0 bridgehead atoms. The van der Waals surface area contributed by atoms with Crippen LogP contribution in [0.1, 0.15) is 6.42 Å². The SMILES string of the molecule is O=CC1=CCC(O)(Cl)C=C1. The molecule has 0 saturated carbocycles. The van der Waals surface area contributed by atoms with Gasteiger partial charge in [0.1, 0.15) is 6.29 Å². The van der Waals surface area contributed by atoms with E-state index in [0.29, 0.717) is 12.0 Å². The number of aldehydes is 1. The Morgan fingerprint density at radius 1 is 1.80 bits per heavy atom. The summed E-state index contributed by atoms with van der Waals surface area (Å²) in [5.41, 5.74) is 0.560. The number of rotatable bonds is 1. The summed E-state index contributed by atoms with van der Waals surface area (Å²) in [6.45, 7) is 0. The molecule has 0 amide bonds. The molecule has 0 spiro atoms. The van der Waals surface area contributed by atoms with Crippen molar-refractivity contribution in [2.45, 2.75) is 11.5 Å². The Bertz CT molecular complexity index is 204. The predicted octanol–water partition coefficient (Wildman–Crippen LogP) is 0.999. The number of carbonyl (C=O) groups excluding carboxylic acids is 1. The van der Waals surface area contributed by atoms with E-state index in [1.807, 2.05) is 0 Å². The molecule has 1 aliphatic rings. The normalized spacial score (nSPS) is 31.6. The third-order valence-electron chi connectivity index (χ3n) is 1.29. The van der Waals surface area contributed by atoms with Crippen molar-refractivity contribution in [2.75, 3.05) is 0 Å². The van der Waals surface area contributed by atoms with E-state index in [1.165, 1.54) is 12.2 Å². The summed E-state index contributed by atoms with van der Waals surface area (Å²) in [7, 11) is 0. The van der Waals surface area contributed by atoms with E-state index >= 15 is 0 Å². The van der Waals surface area contributed by atoms with Crippen molar-refractivity contribution < 1.29 is 9.90 Å². The maximum absolute atomic E-state index is 10.1. The smallest absolute Gasteiger partial charge is 0.161 e. The van der Waals surface area contributed by atoms with Crippen molar-refractivity contribution >= 4 is 17.9 Å². The fourth-order valence-corrected chi connectivity index (χ4v) is 0.849. The van der Waals surface area contributed by atoms with Gasteiger partial charge < -0.3 is 5.11 Å². The molecule has 0 aromatic carbocycles. The number of allylic oxidation sites excluding steroid dienone is 2. The summed E-state index contributed by atoms with van der Waals surface area (Å²) < 4.78 is 0. The fraction of sp³-hybridized carbons (Fsp3) is 0.286. The van der Waals surface area contributed by atoms with Crippen molar-refractivity contribution in [3.63, 3.8) is 0 Å². The van der Waals surface area contributed by atoms with Crippen LogP contribution in [-0.4, -0.2) is 16.5 Å². The number of hydrogen-bond donors (Lipinski definition) is 1. The van der Waals surface area contributed by atoms with Gasteiger partial charge in [-0.1, -0.05) is 23.8 Å². The topological polar surface area (TPSA) is 37.3 Å². The summed E-state index contributed by atoms with van der Waals surface area (Å²) in [5.74, 6) is 0. The Balaban J connectivity index is 2.72. The highest BCUT2D eigenvalue weighted by Gasteiger charge is 2.20. The molecular weight excluding hydrogens is 152 g/mol. The molecule has 2 nitrogen and oxygen atoms in total. The average Bonchev–Trinajstić information content (AvgIpc) is 1.88. The average molecular weight is 159 g/mol. The van der Waals surface area contributed by atoms with Gasteiger partial charge in [0.05, 0.1) is 0 Å². The van der Waals surface area contributed by atoms with Crippen LogP contribution >= 0.6 is 11.6 Å². The van der Waals surface area contributed by atoms with Crippen LogP contribution in [0.4, 0.5) is 0 Å². The van der Waals surface area contributed by atoms with Crippen molar-refractivity contribution in [1.82, 2.24) is 0 Å². The third-order valence-corrected chi connectivity index (χ3v) is 1.57. The highest BCUT2D eigenvalue weighted by atomic mass is 35.5. The minimum Gasteiger partial charge on any atom is -0.371 e. The first-order valence-corrected chi connectivity index (χ1v) is 3.28. The highest BCUT2D eigenvalue weighted by Crippen LogP contribution is 2.23. The number of aliphatic hydroxyl groups is 1. The number of alkyl halides is 1. The molecule has 3 heteroatoms. The molecule has 0 aliphatic heterocycles. The fourth-order valence-electron chi connectivity index (χ4n) is 0.708. The zero-order valence-corrected chi connectivity index (χ0v) is 6.01. The molecule has 54 valence electrons. The molecule has 0 radical (unpaired) electrons. The lowest BCUT2D eigenvalue weighted by molar-refractivity contribution is -0.104. The Hall–Kier alpha value is -0.600. The molecular formula is C7H7ClO2. The maximum Gasteiger partial charge on any atom is 0.161 e. The quantitative estimate of drug-likeness (QED) is 0.457. The van der Waals surface area contributed by atoms with Crippen LogP contribution in [0.3, 0.4) is 0 Å². The lowest BCUT2D eigenvalue weighted by atomic mass is 10.1. The second-order valence-corrected chi connectivity index (χ2v) is 2.83. The Morgan fingerprint density at radius 3 is 2.90 bits per heavy atom. The van der Waals surface area contributed by atoms with Crippen LogP contribution in [0.5, 0.6) is 0 Å². The second-order valence-electron chi connectivity index (χ2n) is 2.18. The number of halogens is 1. The van der Waals surface area contributed by atoms with E-state index in [-0.39, 0.29) is 0 Å². The number of carbonyl (C=O) groups is 1. The van der Waals surface area contributed by atoms with Crippen LogP contribution in [0.2, 0.25) is 0 Å². The minimum atomic E-state index is -1.29. The van der Waals surface area contributed by atoms with Crippen LogP contribution in [0.15, 0.2) is 23.8 Å². The monoisotopic (exact) mass is 158 g/mol. The molecule has 10 heavy (non-hydrogen) atoms. The van der Waals surface area contributed by atoms with Gasteiger partial charge in [-0.15, -0.1) is 0 Å². The molecule has 1 atom stereocenters. The van der Waals surface area contributed by atoms with E-state index in [9.17, 15) is 4.79 Å². The molecule has 0 heterocycles. The summed E-state index contributed by atoms with van der Waals surface area (Å²) in [6, 6.07) is 0. The summed E-state index contributed by atoms with van der Waals surface area (Å²) in [4.78, 5) is 10.1. The van der Waals surface area contributed by atoms with Gasteiger partial charge in [0.25, 0.3) is 0 Å². The van der Waals surface area contributed by atoms with Gasteiger partial charge in [-0.25, -0.2) is 0 Å². The second kappa shape index (κ2) is 2.56. The lowest BCUT2D eigenvalue weighted by Gasteiger charge is -2.16. The summed E-state index contributed by atoms with van der Waals surface area (Å²) in [6.07, 6.45) is 5.52. The molecule has 1 unspecified atom stereocenters. The molecule has 0 aromatic heterocycles. The molecule has 0 saturated heterocycles. The van der Waals surface area contributed by atoms with Gasteiger partial charge in [-0.3, -0.25) is 4.79 Å². The van der Waals surface area contributed by atoms with Crippen LogP contribution in [0, 0.1) is 0 Å². The molecule has 1 rings (SSSR count). The molecule has 1 aliphatic carbocycles. The van der Waals surface area contributed by atoms with Gasteiger partial charge in [-0.05, 0) is 6.08 Å². The van der Waals surface area contributed by atoms with E-state index < -0.39 is 5.06 Å². The third kappa shape index (κ3) is 1.69. The molecule has 0 aromatic rings. The zero-order valence-electron chi connectivity index (χ0n) is 5.25. The summed E-state index contributed by atoms with van der Waals surface area (Å²) in [5, 5.41) is 7.82. The lowest BCUT2D eigenvalue weighted by Crippen LogP contribution is -2.18. The van der Waals surface area contributed by atoms with Crippen LogP contribution < -0.4 is 0 Å². The maximum atomic E-state index is 10.1. The zero-order chi connectivity index (χ0) is 7.61. The van der Waals surface area contributed by atoms with Gasteiger partial charge in [0.15, 0.2) is 5.06 Å². The Kier molecular flexibility index (Phi) is 1.92. The van der Waals surface area contributed by atoms with E-state index in [1.54, 1.807) is 6.08 Å². The standard InChI is InChI=1S/C7H7ClO2/c8-7(10)3-1-6(5-9)2-4-7/h1-3,5,10H,4H2. The van der Waals surface area contributed by atoms with Crippen molar-refractivity contribution in [1.29, 1.82) is 0 Å². The van der Waals surface area contributed by atoms with Gasteiger partial charge in [0.2, 0.25) is 0 Å². The van der Waals surface area contributed by atoms with Crippen molar-refractivity contribution in [3.8, 4) is 0 Å².